The maximum Gasteiger partial charge on any atom is 0.306 e. The highest BCUT2D eigenvalue weighted by atomic mass is 16.4. The van der Waals surface area contributed by atoms with Crippen molar-refractivity contribution in [2.45, 2.75) is 65.8 Å². The number of amides is 1. The van der Waals surface area contributed by atoms with Crippen LogP contribution in [0.25, 0.3) is 0 Å². The van der Waals surface area contributed by atoms with Crippen molar-refractivity contribution in [3.8, 4) is 0 Å². The molecular weight excluding hydrogens is 242 g/mol. The van der Waals surface area contributed by atoms with Crippen molar-refractivity contribution in [2.24, 2.45) is 17.3 Å². The molecule has 4 nitrogen and oxygen atoms in total. The standard InChI is InChI=1S/C15H27NO3/c1-10(2)9-15(3,4)14(19)16-12-7-5-11(6-8-12)13(17)18/h10-12H,5-9H2,1-4H3,(H,16,19)(H,17,18). The summed E-state index contributed by atoms with van der Waals surface area (Å²) in [6.07, 6.45) is 3.76. The molecule has 4 heteroatoms. The molecule has 1 amide bonds. The lowest BCUT2D eigenvalue weighted by Gasteiger charge is -2.31. The molecule has 0 radical (unpaired) electrons. The van der Waals surface area contributed by atoms with E-state index in [2.05, 4.69) is 19.2 Å². The normalized spacial score (nSPS) is 24.3. The SMILES string of the molecule is CC(C)CC(C)(C)C(=O)NC1CCC(C(=O)O)CC1. The predicted octanol–water partition coefficient (Wildman–Crippen LogP) is 2.82. The zero-order chi connectivity index (χ0) is 14.6. The van der Waals surface area contributed by atoms with Crippen molar-refractivity contribution >= 4 is 11.9 Å². The average molecular weight is 269 g/mol. The summed E-state index contributed by atoms with van der Waals surface area (Å²) < 4.78 is 0. The van der Waals surface area contributed by atoms with E-state index in [1.165, 1.54) is 0 Å². The van der Waals surface area contributed by atoms with Gasteiger partial charge in [-0.1, -0.05) is 27.7 Å². The molecule has 1 aliphatic rings. The van der Waals surface area contributed by atoms with Crippen molar-refractivity contribution in [3.63, 3.8) is 0 Å². The molecule has 0 aromatic carbocycles. The molecule has 1 rings (SSSR count). The fourth-order valence-electron chi connectivity index (χ4n) is 2.98. The van der Waals surface area contributed by atoms with Gasteiger partial charge in [0.15, 0.2) is 0 Å². The first-order valence-electron chi connectivity index (χ1n) is 7.26. The van der Waals surface area contributed by atoms with Gasteiger partial charge in [0.1, 0.15) is 0 Å². The van der Waals surface area contributed by atoms with Gasteiger partial charge in [-0.3, -0.25) is 9.59 Å². The fourth-order valence-corrected chi connectivity index (χ4v) is 2.98. The van der Waals surface area contributed by atoms with E-state index in [9.17, 15) is 9.59 Å². The number of carbonyl (C=O) groups excluding carboxylic acids is 1. The maximum absolute atomic E-state index is 12.3. The third-order valence-corrected chi connectivity index (χ3v) is 3.94. The van der Waals surface area contributed by atoms with E-state index in [-0.39, 0.29) is 23.3 Å². The number of nitrogens with one attached hydrogen (secondary N) is 1. The van der Waals surface area contributed by atoms with E-state index in [1.807, 2.05) is 13.8 Å². The number of carboxylic acids is 1. The molecule has 0 unspecified atom stereocenters. The van der Waals surface area contributed by atoms with Gasteiger partial charge < -0.3 is 10.4 Å². The van der Waals surface area contributed by atoms with E-state index in [0.29, 0.717) is 18.8 Å². The summed E-state index contributed by atoms with van der Waals surface area (Å²) in [6, 6.07) is 0.148. The van der Waals surface area contributed by atoms with Gasteiger partial charge in [0.05, 0.1) is 5.92 Å². The Morgan fingerprint density at radius 1 is 1.21 bits per heavy atom. The molecular formula is C15H27NO3. The first-order valence-corrected chi connectivity index (χ1v) is 7.26. The quantitative estimate of drug-likeness (QED) is 0.806. The van der Waals surface area contributed by atoms with Crippen LogP contribution < -0.4 is 5.32 Å². The largest absolute Gasteiger partial charge is 0.481 e. The van der Waals surface area contributed by atoms with Crippen LogP contribution in [0.3, 0.4) is 0 Å². The Kier molecular flexibility index (Phi) is 5.39. The zero-order valence-electron chi connectivity index (χ0n) is 12.5. The van der Waals surface area contributed by atoms with Crippen LogP contribution in [-0.2, 0) is 9.59 Å². The minimum absolute atomic E-state index is 0.0972. The average Bonchev–Trinajstić information content (AvgIpc) is 2.27. The number of carboxylic acid groups (broad SMARTS) is 1. The molecule has 2 N–H and O–H groups in total. The van der Waals surface area contributed by atoms with E-state index in [0.717, 1.165) is 19.3 Å². The number of hydrogen-bond acceptors (Lipinski definition) is 2. The lowest BCUT2D eigenvalue weighted by Crippen LogP contribution is -2.45. The van der Waals surface area contributed by atoms with Crippen molar-refractivity contribution in [1.29, 1.82) is 0 Å². The van der Waals surface area contributed by atoms with Gasteiger partial charge in [-0.15, -0.1) is 0 Å². The van der Waals surface area contributed by atoms with Crippen LogP contribution in [0, 0.1) is 17.3 Å². The monoisotopic (exact) mass is 269 g/mol. The Balaban J connectivity index is 2.44. The zero-order valence-corrected chi connectivity index (χ0v) is 12.5. The molecule has 0 aromatic heterocycles. The van der Waals surface area contributed by atoms with Gasteiger partial charge in [-0.25, -0.2) is 0 Å². The van der Waals surface area contributed by atoms with Crippen LogP contribution in [0.1, 0.15) is 59.8 Å². The molecule has 1 saturated carbocycles. The van der Waals surface area contributed by atoms with Gasteiger partial charge in [-0.05, 0) is 38.0 Å². The smallest absolute Gasteiger partial charge is 0.306 e. The summed E-state index contributed by atoms with van der Waals surface area (Å²) >= 11 is 0. The first-order chi connectivity index (χ1) is 8.72. The van der Waals surface area contributed by atoms with Gasteiger partial charge in [-0.2, -0.15) is 0 Å². The Morgan fingerprint density at radius 3 is 2.16 bits per heavy atom. The minimum atomic E-state index is -0.704. The first kappa shape index (κ1) is 16.0. The third kappa shape index (κ3) is 4.84. The van der Waals surface area contributed by atoms with Crippen LogP contribution in [0.15, 0.2) is 0 Å². The highest BCUT2D eigenvalue weighted by molar-refractivity contribution is 5.82. The Morgan fingerprint density at radius 2 is 1.74 bits per heavy atom. The van der Waals surface area contributed by atoms with Crippen LogP contribution in [0.2, 0.25) is 0 Å². The third-order valence-electron chi connectivity index (χ3n) is 3.94. The lowest BCUT2D eigenvalue weighted by molar-refractivity contribution is -0.142. The topological polar surface area (TPSA) is 66.4 Å². The summed E-state index contributed by atoms with van der Waals surface area (Å²) in [7, 11) is 0. The van der Waals surface area contributed by atoms with Crippen molar-refractivity contribution < 1.29 is 14.7 Å². The minimum Gasteiger partial charge on any atom is -0.481 e. The summed E-state index contributed by atoms with van der Waals surface area (Å²) in [5.41, 5.74) is -0.349. The number of aliphatic carboxylic acids is 1. The Bertz CT molecular complexity index is 328. The maximum atomic E-state index is 12.3. The molecule has 1 fully saturated rings. The van der Waals surface area contributed by atoms with Crippen LogP contribution in [0.5, 0.6) is 0 Å². The predicted molar refractivity (Wildman–Crippen MR) is 74.8 cm³/mol. The summed E-state index contributed by atoms with van der Waals surface area (Å²) in [5.74, 6) is -0.342. The summed E-state index contributed by atoms with van der Waals surface area (Å²) in [5, 5.41) is 12.0. The van der Waals surface area contributed by atoms with Crippen LogP contribution in [0.4, 0.5) is 0 Å². The molecule has 0 aliphatic heterocycles. The molecule has 0 atom stereocenters. The molecule has 0 aromatic rings. The van der Waals surface area contributed by atoms with Crippen LogP contribution in [-0.4, -0.2) is 23.0 Å². The molecule has 19 heavy (non-hydrogen) atoms. The van der Waals surface area contributed by atoms with E-state index in [4.69, 9.17) is 5.11 Å². The number of rotatable bonds is 5. The highest BCUT2D eigenvalue weighted by Crippen LogP contribution is 2.28. The van der Waals surface area contributed by atoms with Crippen molar-refractivity contribution in [2.75, 3.05) is 0 Å². The number of hydrogen-bond donors (Lipinski definition) is 2. The Hall–Kier alpha value is -1.06. The fraction of sp³-hybridized carbons (Fsp3) is 0.867. The van der Waals surface area contributed by atoms with Crippen LogP contribution >= 0.6 is 0 Å². The molecule has 0 heterocycles. The van der Waals surface area contributed by atoms with Gasteiger partial charge in [0.2, 0.25) is 5.91 Å². The second-order valence-electron chi connectivity index (χ2n) is 6.84. The second-order valence-corrected chi connectivity index (χ2v) is 6.84. The van der Waals surface area contributed by atoms with E-state index >= 15 is 0 Å². The van der Waals surface area contributed by atoms with Crippen molar-refractivity contribution in [1.82, 2.24) is 5.32 Å². The lowest BCUT2D eigenvalue weighted by atomic mass is 9.81. The second kappa shape index (κ2) is 6.40. The summed E-state index contributed by atoms with van der Waals surface area (Å²) in [6.45, 7) is 8.19. The molecule has 0 saturated heterocycles. The van der Waals surface area contributed by atoms with Gasteiger partial charge >= 0.3 is 5.97 Å². The number of carbonyl (C=O) groups is 2. The van der Waals surface area contributed by atoms with Gasteiger partial charge in [0.25, 0.3) is 0 Å². The van der Waals surface area contributed by atoms with Crippen molar-refractivity contribution in [3.05, 3.63) is 0 Å². The Labute approximate surface area is 116 Å². The molecule has 1 aliphatic carbocycles. The molecule has 0 bridgehead atoms. The van der Waals surface area contributed by atoms with E-state index < -0.39 is 5.97 Å². The van der Waals surface area contributed by atoms with E-state index in [1.54, 1.807) is 0 Å². The summed E-state index contributed by atoms with van der Waals surface area (Å²) in [4.78, 5) is 23.1. The van der Waals surface area contributed by atoms with Gasteiger partial charge in [0, 0.05) is 11.5 Å². The molecule has 110 valence electrons. The molecule has 0 spiro atoms. The highest BCUT2D eigenvalue weighted by Gasteiger charge is 2.32.